The zero-order valence-electron chi connectivity index (χ0n) is 22.3. The van der Waals surface area contributed by atoms with Crippen molar-refractivity contribution in [3.63, 3.8) is 0 Å². The van der Waals surface area contributed by atoms with Gasteiger partial charge in [-0.1, -0.05) is 47.5 Å². The standard InChI is InChI=1S/C30H52O2/c1-20(9-8-14-25(2,3)32)21-12-15-28(7)23-11-10-22-26(4,5)24(31)13-16-29(22)19-30(23,29)18-17-27(21,28)6/h20-24,31-32H,8-19H2,1-7H3/t20-,21+,22+,23+,24-,27-,28+,29+,30-/m0/s1. The smallest absolute Gasteiger partial charge is 0.0594 e. The van der Waals surface area contributed by atoms with Gasteiger partial charge in [0, 0.05) is 0 Å². The molecular weight excluding hydrogens is 392 g/mol. The number of hydrogen-bond acceptors (Lipinski definition) is 2. The monoisotopic (exact) mass is 444 g/mol. The van der Waals surface area contributed by atoms with Crippen LogP contribution in [0.5, 0.6) is 0 Å². The highest BCUT2D eigenvalue weighted by molar-refractivity contribution is 5.30. The summed E-state index contributed by atoms with van der Waals surface area (Å²) >= 11 is 0. The van der Waals surface area contributed by atoms with E-state index in [4.69, 9.17) is 0 Å². The Labute approximate surface area is 198 Å². The van der Waals surface area contributed by atoms with Gasteiger partial charge in [-0.2, -0.15) is 0 Å². The van der Waals surface area contributed by atoms with Crippen molar-refractivity contribution in [3.8, 4) is 0 Å². The van der Waals surface area contributed by atoms with E-state index >= 15 is 0 Å². The molecule has 0 heterocycles. The van der Waals surface area contributed by atoms with Crippen molar-refractivity contribution in [3.05, 3.63) is 0 Å². The number of fused-ring (bicyclic) bond motifs is 2. The predicted octanol–water partition coefficient (Wildman–Crippen LogP) is 7.36. The molecule has 5 aliphatic rings. The summed E-state index contributed by atoms with van der Waals surface area (Å²) in [6.45, 7) is 16.6. The molecular formula is C30H52O2. The second-order valence-corrected chi connectivity index (χ2v) is 15.2. The molecule has 2 nitrogen and oxygen atoms in total. The van der Waals surface area contributed by atoms with Gasteiger partial charge < -0.3 is 10.2 Å². The van der Waals surface area contributed by atoms with Gasteiger partial charge in [0.2, 0.25) is 0 Å². The van der Waals surface area contributed by atoms with Gasteiger partial charge in [0.05, 0.1) is 11.7 Å². The minimum Gasteiger partial charge on any atom is -0.393 e. The molecule has 5 aliphatic carbocycles. The van der Waals surface area contributed by atoms with Gasteiger partial charge in [-0.05, 0) is 129 Å². The van der Waals surface area contributed by atoms with Crippen LogP contribution in [0.15, 0.2) is 0 Å². The molecule has 2 heteroatoms. The van der Waals surface area contributed by atoms with Crippen LogP contribution in [0.3, 0.4) is 0 Å². The van der Waals surface area contributed by atoms with Crippen LogP contribution in [-0.4, -0.2) is 21.9 Å². The molecule has 0 saturated heterocycles. The van der Waals surface area contributed by atoms with Crippen LogP contribution in [0.1, 0.15) is 126 Å². The Morgan fingerprint density at radius 1 is 0.844 bits per heavy atom. The maximum Gasteiger partial charge on any atom is 0.0594 e. The Balaban J connectivity index is 1.37. The molecule has 0 radical (unpaired) electrons. The highest BCUT2D eigenvalue weighted by atomic mass is 16.3. The molecule has 32 heavy (non-hydrogen) atoms. The molecule has 0 aromatic heterocycles. The van der Waals surface area contributed by atoms with Crippen molar-refractivity contribution in [1.82, 2.24) is 0 Å². The van der Waals surface area contributed by atoms with Crippen molar-refractivity contribution in [1.29, 1.82) is 0 Å². The molecule has 9 atom stereocenters. The van der Waals surface area contributed by atoms with Gasteiger partial charge in [-0.25, -0.2) is 0 Å². The van der Waals surface area contributed by atoms with E-state index in [1.807, 2.05) is 13.8 Å². The quantitative estimate of drug-likeness (QED) is 0.465. The van der Waals surface area contributed by atoms with E-state index in [2.05, 4.69) is 34.6 Å². The fourth-order valence-corrected chi connectivity index (χ4v) is 11.4. The lowest BCUT2D eigenvalue weighted by molar-refractivity contribution is -0.161. The van der Waals surface area contributed by atoms with Gasteiger partial charge in [0.25, 0.3) is 0 Å². The van der Waals surface area contributed by atoms with E-state index < -0.39 is 5.60 Å². The van der Waals surface area contributed by atoms with Gasteiger partial charge in [0.1, 0.15) is 0 Å². The van der Waals surface area contributed by atoms with Crippen LogP contribution in [-0.2, 0) is 0 Å². The molecule has 0 unspecified atom stereocenters. The van der Waals surface area contributed by atoms with E-state index in [0.29, 0.717) is 21.7 Å². The molecule has 184 valence electrons. The molecule has 0 aliphatic heterocycles. The highest BCUT2D eigenvalue weighted by Crippen LogP contribution is 2.89. The van der Waals surface area contributed by atoms with Crippen molar-refractivity contribution in [2.45, 2.75) is 137 Å². The minimum absolute atomic E-state index is 0.0988. The first-order valence-corrected chi connectivity index (χ1v) is 14.1. The van der Waals surface area contributed by atoms with Crippen molar-refractivity contribution < 1.29 is 10.2 Å². The lowest BCUT2D eigenvalue weighted by atomic mass is 9.41. The number of rotatable bonds is 5. The van der Waals surface area contributed by atoms with Crippen molar-refractivity contribution >= 4 is 0 Å². The van der Waals surface area contributed by atoms with E-state index in [0.717, 1.165) is 42.9 Å². The molecule has 0 aromatic rings. The first-order chi connectivity index (χ1) is 14.7. The molecule has 0 bridgehead atoms. The van der Waals surface area contributed by atoms with Gasteiger partial charge in [0.15, 0.2) is 0 Å². The molecule has 0 amide bonds. The van der Waals surface area contributed by atoms with Crippen LogP contribution >= 0.6 is 0 Å². The third-order valence-electron chi connectivity index (χ3n) is 13.3. The van der Waals surface area contributed by atoms with E-state index in [9.17, 15) is 10.2 Å². The summed E-state index contributed by atoms with van der Waals surface area (Å²) in [5.74, 6) is 3.26. The topological polar surface area (TPSA) is 40.5 Å². The highest BCUT2D eigenvalue weighted by Gasteiger charge is 2.82. The molecule has 2 spiro atoms. The Bertz CT molecular complexity index is 750. The lowest BCUT2D eigenvalue weighted by Crippen LogP contribution is -2.57. The van der Waals surface area contributed by atoms with Crippen LogP contribution < -0.4 is 0 Å². The maximum atomic E-state index is 10.8. The number of hydrogen-bond donors (Lipinski definition) is 2. The summed E-state index contributed by atoms with van der Waals surface area (Å²) in [7, 11) is 0. The SMILES string of the molecule is C[C@@H](CCCC(C)(C)O)[C@H]1CC[C@]2(C)[C@H]3CC[C@@H]4C(C)(C)[C@@H](O)CC[C@@]45C[C@@]35CC[C@@]12C. The van der Waals surface area contributed by atoms with Crippen LogP contribution in [0, 0.1) is 50.7 Å². The maximum absolute atomic E-state index is 10.8. The second kappa shape index (κ2) is 6.99. The minimum atomic E-state index is -0.523. The number of aliphatic hydroxyl groups excluding tert-OH is 1. The summed E-state index contributed by atoms with van der Waals surface area (Å²) in [6, 6.07) is 0. The second-order valence-electron chi connectivity index (χ2n) is 15.2. The van der Waals surface area contributed by atoms with Gasteiger partial charge >= 0.3 is 0 Å². The van der Waals surface area contributed by atoms with Gasteiger partial charge in [-0.3, -0.25) is 0 Å². The summed E-state index contributed by atoms with van der Waals surface area (Å²) < 4.78 is 0. The molecule has 0 aromatic carbocycles. The Morgan fingerprint density at radius 2 is 1.50 bits per heavy atom. The summed E-state index contributed by atoms with van der Waals surface area (Å²) in [5.41, 5.74) is 1.71. The van der Waals surface area contributed by atoms with Crippen LogP contribution in [0.2, 0.25) is 0 Å². The molecule has 5 fully saturated rings. The average Bonchev–Trinajstić information content (AvgIpc) is 3.27. The lowest BCUT2D eigenvalue weighted by Gasteiger charge is -2.63. The van der Waals surface area contributed by atoms with E-state index in [-0.39, 0.29) is 11.5 Å². The fourth-order valence-electron chi connectivity index (χ4n) is 11.4. The van der Waals surface area contributed by atoms with E-state index in [1.165, 1.54) is 57.8 Å². The zero-order chi connectivity index (χ0) is 23.4. The summed E-state index contributed by atoms with van der Waals surface area (Å²) in [4.78, 5) is 0. The van der Waals surface area contributed by atoms with E-state index in [1.54, 1.807) is 0 Å². The average molecular weight is 445 g/mol. The third-order valence-corrected chi connectivity index (χ3v) is 13.3. The first-order valence-electron chi connectivity index (χ1n) is 14.1. The zero-order valence-corrected chi connectivity index (χ0v) is 22.3. The fraction of sp³-hybridized carbons (Fsp3) is 1.00. The first kappa shape index (κ1) is 23.7. The largest absolute Gasteiger partial charge is 0.393 e. The Kier molecular flexibility index (Phi) is 5.17. The summed E-state index contributed by atoms with van der Waals surface area (Å²) in [6.07, 6.45) is 15.6. The third kappa shape index (κ3) is 2.90. The Morgan fingerprint density at radius 3 is 2.19 bits per heavy atom. The molecule has 5 saturated carbocycles. The predicted molar refractivity (Wildman–Crippen MR) is 132 cm³/mol. The van der Waals surface area contributed by atoms with Gasteiger partial charge in [-0.15, -0.1) is 0 Å². The summed E-state index contributed by atoms with van der Waals surface area (Å²) in [5, 5.41) is 21.0. The molecule has 5 rings (SSSR count). The van der Waals surface area contributed by atoms with Crippen LogP contribution in [0.25, 0.3) is 0 Å². The number of aliphatic hydroxyl groups is 2. The normalized spacial score (nSPS) is 52.4. The van der Waals surface area contributed by atoms with Crippen LogP contribution in [0.4, 0.5) is 0 Å². The molecule has 2 N–H and O–H groups in total. The van der Waals surface area contributed by atoms with Crippen molar-refractivity contribution in [2.24, 2.45) is 50.7 Å². The van der Waals surface area contributed by atoms with Crippen molar-refractivity contribution in [2.75, 3.05) is 0 Å². The Hall–Kier alpha value is -0.0800.